The molecule has 1 aliphatic rings. The third-order valence-corrected chi connectivity index (χ3v) is 5.95. The van der Waals surface area contributed by atoms with Crippen LogP contribution >= 0.6 is 11.6 Å². The monoisotopic (exact) mass is 462 g/mol. The standard InChI is InChI=1S/C24H23ClN6O2/c1-17-5-7-20(8-6-17)33-15-22(32)29-9-11-30(12-10-29)23-21-14-28-31(24(21)27-16-26-23)19-4-2-3-18(25)13-19/h2-8,13-14,16H,9-12,15H2,1H3. The van der Waals surface area contributed by atoms with Gasteiger partial charge in [0.15, 0.2) is 12.3 Å². The fourth-order valence-electron chi connectivity index (χ4n) is 3.92. The van der Waals surface area contributed by atoms with Gasteiger partial charge >= 0.3 is 0 Å². The second-order valence-electron chi connectivity index (χ2n) is 7.94. The Kier molecular flexibility index (Phi) is 5.83. The third-order valence-electron chi connectivity index (χ3n) is 5.71. The minimum atomic E-state index is -0.0168. The van der Waals surface area contributed by atoms with Gasteiger partial charge in [0, 0.05) is 31.2 Å². The quantitative estimate of drug-likeness (QED) is 0.452. The van der Waals surface area contributed by atoms with Crippen molar-refractivity contribution < 1.29 is 9.53 Å². The van der Waals surface area contributed by atoms with Crippen LogP contribution in [0.5, 0.6) is 5.75 Å². The number of nitrogens with zero attached hydrogens (tertiary/aromatic N) is 6. The molecule has 1 saturated heterocycles. The number of aryl methyl sites for hydroxylation is 1. The summed E-state index contributed by atoms with van der Waals surface area (Å²) < 4.78 is 7.41. The molecule has 8 nitrogen and oxygen atoms in total. The molecule has 0 saturated carbocycles. The lowest BCUT2D eigenvalue weighted by molar-refractivity contribution is -0.133. The molecule has 0 radical (unpaired) electrons. The summed E-state index contributed by atoms with van der Waals surface area (Å²) in [6, 6.07) is 15.2. The lowest BCUT2D eigenvalue weighted by Crippen LogP contribution is -2.50. The highest BCUT2D eigenvalue weighted by Crippen LogP contribution is 2.26. The number of ether oxygens (including phenoxy) is 1. The van der Waals surface area contributed by atoms with Crippen molar-refractivity contribution in [2.45, 2.75) is 6.92 Å². The average Bonchev–Trinajstić information content (AvgIpc) is 3.28. The van der Waals surface area contributed by atoms with Gasteiger partial charge in [0.25, 0.3) is 5.91 Å². The van der Waals surface area contributed by atoms with Gasteiger partial charge in [-0.15, -0.1) is 0 Å². The molecule has 3 heterocycles. The number of carbonyl (C=O) groups excluding carboxylic acids is 1. The smallest absolute Gasteiger partial charge is 0.260 e. The Balaban J connectivity index is 1.26. The van der Waals surface area contributed by atoms with E-state index >= 15 is 0 Å². The number of fused-ring (bicyclic) bond motifs is 1. The minimum absolute atomic E-state index is 0.0168. The third kappa shape index (κ3) is 4.47. The SMILES string of the molecule is Cc1ccc(OCC(=O)N2CCN(c3ncnc4c3cnn4-c3cccc(Cl)c3)CC2)cc1. The van der Waals surface area contributed by atoms with Crippen molar-refractivity contribution in [2.75, 3.05) is 37.7 Å². The molecule has 0 unspecified atom stereocenters. The largest absolute Gasteiger partial charge is 0.484 e. The number of aromatic nitrogens is 4. The molecule has 0 atom stereocenters. The zero-order valence-electron chi connectivity index (χ0n) is 18.2. The second-order valence-corrected chi connectivity index (χ2v) is 8.38. The van der Waals surface area contributed by atoms with Gasteiger partial charge < -0.3 is 14.5 Å². The highest BCUT2D eigenvalue weighted by molar-refractivity contribution is 6.30. The van der Waals surface area contributed by atoms with Crippen LogP contribution in [-0.2, 0) is 4.79 Å². The number of halogens is 1. The summed E-state index contributed by atoms with van der Waals surface area (Å²) in [5.41, 5.74) is 2.71. The zero-order chi connectivity index (χ0) is 22.8. The van der Waals surface area contributed by atoms with Crippen molar-refractivity contribution in [2.24, 2.45) is 0 Å². The molecule has 0 N–H and O–H groups in total. The molecular weight excluding hydrogens is 440 g/mol. The van der Waals surface area contributed by atoms with E-state index in [4.69, 9.17) is 16.3 Å². The normalized spacial score (nSPS) is 14.0. The molecule has 2 aromatic heterocycles. The summed E-state index contributed by atoms with van der Waals surface area (Å²) in [5.74, 6) is 1.50. The molecule has 0 bridgehead atoms. The number of hydrogen-bond donors (Lipinski definition) is 0. The second kappa shape index (κ2) is 9.07. The van der Waals surface area contributed by atoms with Crippen molar-refractivity contribution in [1.82, 2.24) is 24.6 Å². The number of amides is 1. The van der Waals surface area contributed by atoms with Crippen LogP contribution in [0.1, 0.15) is 5.56 Å². The fraction of sp³-hybridized carbons (Fsp3) is 0.250. The van der Waals surface area contributed by atoms with Crippen molar-refractivity contribution in [3.8, 4) is 11.4 Å². The molecule has 2 aromatic carbocycles. The number of anilines is 1. The Morgan fingerprint density at radius 3 is 2.61 bits per heavy atom. The summed E-state index contributed by atoms with van der Waals surface area (Å²) >= 11 is 6.15. The van der Waals surface area contributed by atoms with Crippen LogP contribution in [0.15, 0.2) is 61.1 Å². The average molecular weight is 463 g/mol. The van der Waals surface area contributed by atoms with E-state index in [1.54, 1.807) is 17.2 Å². The molecule has 1 aliphatic heterocycles. The van der Waals surface area contributed by atoms with E-state index in [1.165, 1.54) is 0 Å². The molecule has 9 heteroatoms. The maximum Gasteiger partial charge on any atom is 0.260 e. The van der Waals surface area contributed by atoms with E-state index in [9.17, 15) is 4.79 Å². The van der Waals surface area contributed by atoms with E-state index in [0.29, 0.717) is 42.6 Å². The minimum Gasteiger partial charge on any atom is -0.484 e. The molecule has 33 heavy (non-hydrogen) atoms. The van der Waals surface area contributed by atoms with Crippen LogP contribution in [-0.4, -0.2) is 63.3 Å². The summed E-state index contributed by atoms with van der Waals surface area (Å²) in [4.78, 5) is 25.6. The van der Waals surface area contributed by atoms with Gasteiger partial charge in [-0.3, -0.25) is 4.79 Å². The first-order chi connectivity index (χ1) is 16.1. The Hall–Kier alpha value is -3.65. The van der Waals surface area contributed by atoms with E-state index in [1.807, 2.05) is 60.4 Å². The van der Waals surface area contributed by atoms with Gasteiger partial charge in [-0.2, -0.15) is 5.10 Å². The van der Waals surface area contributed by atoms with Crippen LogP contribution in [0.4, 0.5) is 5.82 Å². The van der Waals surface area contributed by atoms with Gasteiger partial charge in [-0.05, 0) is 37.3 Å². The van der Waals surface area contributed by atoms with Gasteiger partial charge in [-0.1, -0.05) is 35.4 Å². The van der Waals surface area contributed by atoms with Crippen molar-refractivity contribution >= 4 is 34.4 Å². The number of rotatable bonds is 5. The lowest BCUT2D eigenvalue weighted by Gasteiger charge is -2.35. The topological polar surface area (TPSA) is 76.4 Å². The molecule has 0 spiro atoms. The lowest BCUT2D eigenvalue weighted by atomic mass is 10.2. The maximum atomic E-state index is 12.6. The summed E-state index contributed by atoms with van der Waals surface area (Å²) in [6.07, 6.45) is 3.33. The fourth-order valence-corrected chi connectivity index (χ4v) is 4.10. The number of piperazine rings is 1. The van der Waals surface area contributed by atoms with Gasteiger partial charge in [0.2, 0.25) is 0 Å². The molecule has 1 fully saturated rings. The van der Waals surface area contributed by atoms with E-state index in [0.717, 1.165) is 22.5 Å². The predicted molar refractivity (Wildman–Crippen MR) is 127 cm³/mol. The Morgan fingerprint density at radius 1 is 1.06 bits per heavy atom. The van der Waals surface area contributed by atoms with Crippen LogP contribution in [0.25, 0.3) is 16.7 Å². The Morgan fingerprint density at radius 2 is 1.85 bits per heavy atom. The molecule has 1 amide bonds. The first-order valence-electron chi connectivity index (χ1n) is 10.8. The number of benzene rings is 2. The Labute approximate surface area is 196 Å². The predicted octanol–water partition coefficient (Wildman–Crippen LogP) is 3.50. The van der Waals surface area contributed by atoms with E-state index in [-0.39, 0.29) is 12.5 Å². The van der Waals surface area contributed by atoms with Crippen LogP contribution in [0, 0.1) is 6.92 Å². The van der Waals surface area contributed by atoms with Gasteiger partial charge in [0.1, 0.15) is 17.9 Å². The Bertz CT molecular complexity index is 1280. The van der Waals surface area contributed by atoms with Gasteiger partial charge in [0.05, 0.1) is 17.3 Å². The summed E-state index contributed by atoms with van der Waals surface area (Å²) in [6.45, 7) is 4.60. The van der Waals surface area contributed by atoms with Crippen molar-refractivity contribution in [3.63, 3.8) is 0 Å². The molecule has 168 valence electrons. The maximum absolute atomic E-state index is 12.6. The van der Waals surface area contributed by atoms with Crippen LogP contribution < -0.4 is 9.64 Å². The zero-order valence-corrected chi connectivity index (χ0v) is 18.9. The van der Waals surface area contributed by atoms with E-state index in [2.05, 4.69) is 20.0 Å². The first kappa shape index (κ1) is 21.2. The number of hydrogen-bond acceptors (Lipinski definition) is 6. The first-order valence-corrected chi connectivity index (χ1v) is 11.1. The van der Waals surface area contributed by atoms with Crippen molar-refractivity contribution in [3.05, 3.63) is 71.6 Å². The van der Waals surface area contributed by atoms with Crippen LogP contribution in [0.2, 0.25) is 5.02 Å². The number of carbonyl (C=O) groups is 1. The van der Waals surface area contributed by atoms with Crippen LogP contribution in [0.3, 0.4) is 0 Å². The summed E-state index contributed by atoms with van der Waals surface area (Å²) in [7, 11) is 0. The highest BCUT2D eigenvalue weighted by atomic mass is 35.5. The molecule has 5 rings (SSSR count). The molecule has 4 aromatic rings. The molecule has 0 aliphatic carbocycles. The highest BCUT2D eigenvalue weighted by Gasteiger charge is 2.24. The van der Waals surface area contributed by atoms with E-state index < -0.39 is 0 Å². The molecular formula is C24H23ClN6O2. The van der Waals surface area contributed by atoms with Crippen molar-refractivity contribution in [1.29, 1.82) is 0 Å². The van der Waals surface area contributed by atoms with Gasteiger partial charge in [-0.25, -0.2) is 14.6 Å². The summed E-state index contributed by atoms with van der Waals surface area (Å²) in [5, 5.41) is 6.01.